The molecule has 80 valence electrons. The van der Waals surface area contributed by atoms with Crippen LogP contribution in [-0.4, -0.2) is 26.2 Å². The summed E-state index contributed by atoms with van der Waals surface area (Å²) in [5.74, 6) is 0. The van der Waals surface area contributed by atoms with Gasteiger partial charge in [-0.15, -0.1) is 0 Å². The molecule has 0 aliphatic heterocycles. The molecule has 0 saturated carbocycles. The van der Waals surface area contributed by atoms with Gasteiger partial charge in [0.2, 0.25) is 0 Å². The van der Waals surface area contributed by atoms with E-state index in [0.29, 0.717) is 10.0 Å². The molecule has 0 bridgehead atoms. The van der Waals surface area contributed by atoms with Gasteiger partial charge in [0.05, 0.1) is 39.7 Å². The van der Waals surface area contributed by atoms with Crippen LogP contribution in [0.2, 0.25) is 0 Å². The molecule has 15 heavy (non-hydrogen) atoms. The van der Waals surface area contributed by atoms with Crippen LogP contribution in [0.25, 0.3) is 0 Å². The molecule has 1 aromatic rings. The molecule has 0 saturated heterocycles. The molecule has 0 fully saturated rings. The van der Waals surface area contributed by atoms with E-state index in [1.54, 1.807) is 12.1 Å². The first-order valence-corrected chi connectivity index (χ1v) is 4.70. The number of rotatable bonds is 3. The van der Waals surface area contributed by atoms with Gasteiger partial charge in [-0.3, -0.25) is 4.48 Å². The second kappa shape index (κ2) is 4.43. The SMILES string of the molecule is [2H]C([2H])(C#N)C(O)c1ccc([N+](C)(C)C)cc1. The zero-order valence-corrected chi connectivity index (χ0v) is 9.23. The van der Waals surface area contributed by atoms with Gasteiger partial charge in [-0.2, -0.15) is 5.26 Å². The van der Waals surface area contributed by atoms with E-state index in [4.69, 9.17) is 8.00 Å². The van der Waals surface area contributed by atoms with Crippen LogP contribution in [0.3, 0.4) is 0 Å². The normalized spacial score (nSPS) is 16.2. The minimum atomic E-state index is -2.27. The number of nitrogens with zero attached hydrogens (tertiary/aromatic N) is 2. The summed E-state index contributed by atoms with van der Waals surface area (Å²) in [6.07, 6.45) is -3.69. The predicted molar refractivity (Wildman–Crippen MR) is 61.2 cm³/mol. The average molecular weight is 207 g/mol. The standard InChI is InChI=1S/C12H17N2O/c1-14(2,3)11-6-4-10(5-7-11)12(15)8-9-13/h4-7,12,15H,8H2,1-3H3/q+1/i8D2. The van der Waals surface area contributed by atoms with Crippen LogP contribution < -0.4 is 4.48 Å². The van der Waals surface area contributed by atoms with Crippen LogP contribution >= 0.6 is 0 Å². The summed E-state index contributed by atoms with van der Waals surface area (Å²) in [6, 6.07) is 8.42. The number of hydrogen-bond donors (Lipinski definition) is 1. The van der Waals surface area contributed by atoms with Gasteiger partial charge in [0, 0.05) is 2.74 Å². The highest BCUT2D eigenvalue weighted by Gasteiger charge is 2.13. The van der Waals surface area contributed by atoms with E-state index in [-0.39, 0.29) is 0 Å². The molecule has 1 rings (SSSR count). The van der Waals surface area contributed by atoms with E-state index in [0.717, 1.165) is 5.69 Å². The number of benzene rings is 1. The van der Waals surface area contributed by atoms with Crippen LogP contribution in [0.15, 0.2) is 24.3 Å². The number of quaternary nitrogens is 1. The summed E-state index contributed by atoms with van der Waals surface area (Å²) >= 11 is 0. The molecular formula is C12H17N2O+. The summed E-state index contributed by atoms with van der Waals surface area (Å²) in [6.45, 7) is 0. The quantitative estimate of drug-likeness (QED) is 0.768. The van der Waals surface area contributed by atoms with Crippen molar-refractivity contribution in [3.63, 3.8) is 0 Å². The maximum absolute atomic E-state index is 9.74. The second-order valence-corrected chi connectivity index (χ2v) is 4.26. The highest BCUT2D eigenvalue weighted by molar-refractivity contribution is 5.43. The van der Waals surface area contributed by atoms with E-state index in [9.17, 15) is 5.11 Å². The molecule has 3 nitrogen and oxygen atoms in total. The zero-order valence-electron chi connectivity index (χ0n) is 11.2. The second-order valence-electron chi connectivity index (χ2n) is 4.26. The molecular weight excluding hydrogens is 188 g/mol. The van der Waals surface area contributed by atoms with Crippen molar-refractivity contribution in [3.05, 3.63) is 29.8 Å². The Balaban J connectivity index is 3.01. The Labute approximate surface area is 93.6 Å². The Bertz CT molecular complexity index is 429. The third-order valence-corrected chi connectivity index (χ3v) is 2.18. The summed E-state index contributed by atoms with van der Waals surface area (Å²) < 4.78 is 15.3. The van der Waals surface area contributed by atoms with Crippen molar-refractivity contribution in [3.8, 4) is 6.07 Å². The van der Waals surface area contributed by atoms with Gasteiger partial charge in [0.1, 0.15) is 5.69 Å². The van der Waals surface area contributed by atoms with Gasteiger partial charge in [-0.1, -0.05) is 12.1 Å². The van der Waals surface area contributed by atoms with Gasteiger partial charge in [0.15, 0.2) is 0 Å². The van der Waals surface area contributed by atoms with Crippen molar-refractivity contribution in [1.29, 1.82) is 5.26 Å². The smallest absolute Gasteiger partial charge is 0.132 e. The molecule has 1 unspecified atom stereocenters. The fourth-order valence-electron chi connectivity index (χ4n) is 1.25. The molecule has 0 heterocycles. The van der Waals surface area contributed by atoms with Crippen molar-refractivity contribution in [2.75, 3.05) is 21.1 Å². The minimum absolute atomic E-state index is 0.411. The lowest BCUT2D eigenvalue weighted by Crippen LogP contribution is -2.34. The lowest BCUT2D eigenvalue weighted by Gasteiger charge is -2.23. The van der Waals surface area contributed by atoms with Gasteiger partial charge < -0.3 is 5.11 Å². The van der Waals surface area contributed by atoms with Crippen molar-refractivity contribution in [2.45, 2.75) is 12.5 Å². The lowest BCUT2D eigenvalue weighted by atomic mass is 10.1. The van der Waals surface area contributed by atoms with E-state index >= 15 is 0 Å². The molecule has 1 atom stereocenters. The van der Waals surface area contributed by atoms with Crippen molar-refractivity contribution in [2.24, 2.45) is 0 Å². The topological polar surface area (TPSA) is 44.0 Å². The van der Waals surface area contributed by atoms with Gasteiger partial charge in [-0.05, 0) is 17.7 Å². The fourth-order valence-corrected chi connectivity index (χ4v) is 1.25. The molecule has 0 aromatic heterocycles. The first-order valence-electron chi connectivity index (χ1n) is 5.70. The first kappa shape index (κ1) is 8.90. The van der Waals surface area contributed by atoms with Crippen LogP contribution in [0.1, 0.15) is 20.8 Å². The maximum Gasteiger partial charge on any atom is 0.132 e. The van der Waals surface area contributed by atoms with E-state index in [1.807, 2.05) is 33.3 Å². The Morgan fingerprint density at radius 1 is 1.40 bits per heavy atom. The average Bonchev–Trinajstić information content (AvgIpc) is 2.27. The van der Waals surface area contributed by atoms with Crippen LogP contribution in [-0.2, 0) is 0 Å². The summed E-state index contributed by atoms with van der Waals surface area (Å²) in [4.78, 5) is 0. The summed E-state index contributed by atoms with van der Waals surface area (Å²) in [5.41, 5.74) is 1.45. The third kappa shape index (κ3) is 3.05. The first-order chi connectivity index (χ1) is 7.68. The van der Waals surface area contributed by atoms with Gasteiger partial charge in [0.25, 0.3) is 0 Å². The Morgan fingerprint density at radius 2 is 1.93 bits per heavy atom. The number of aliphatic hydroxyl groups excluding tert-OH is 1. The number of nitriles is 1. The zero-order chi connectivity index (χ0) is 13.3. The largest absolute Gasteiger partial charge is 0.387 e. The van der Waals surface area contributed by atoms with Crippen LogP contribution in [0.4, 0.5) is 5.69 Å². The maximum atomic E-state index is 9.74. The molecule has 0 radical (unpaired) electrons. The Morgan fingerprint density at radius 3 is 2.33 bits per heavy atom. The fraction of sp³-hybridized carbons (Fsp3) is 0.417. The molecule has 3 heteroatoms. The summed E-state index contributed by atoms with van der Waals surface area (Å²) in [5, 5.41) is 18.4. The number of aliphatic hydroxyl groups is 1. The van der Waals surface area contributed by atoms with Crippen LogP contribution in [0.5, 0.6) is 0 Å². The third-order valence-electron chi connectivity index (χ3n) is 2.18. The summed E-state index contributed by atoms with van der Waals surface area (Å²) in [7, 11) is 6.04. The number of hydrogen-bond acceptors (Lipinski definition) is 2. The highest BCUT2D eigenvalue weighted by Crippen LogP contribution is 2.21. The van der Waals surface area contributed by atoms with E-state index < -0.39 is 12.5 Å². The van der Waals surface area contributed by atoms with Crippen molar-refractivity contribution < 1.29 is 7.85 Å². The molecule has 0 spiro atoms. The Kier molecular flexibility index (Phi) is 2.63. The Hall–Kier alpha value is -1.37. The van der Waals surface area contributed by atoms with E-state index in [1.165, 1.54) is 6.07 Å². The molecule has 0 amide bonds. The van der Waals surface area contributed by atoms with Crippen molar-refractivity contribution in [1.82, 2.24) is 4.48 Å². The van der Waals surface area contributed by atoms with Gasteiger partial charge in [-0.25, -0.2) is 0 Å². The monoisotopic (exact) mass is 207 g/mol. The van der Waals surface area contributed by atoms with E-state index in [2.05, 4.69) is 0 Å². The highest BCUT2D eigenvalue weighted by atomic mass is 16.3. The predicted octanol–water partition coefficient (Wildman–Crippen LogP) is 1.83. The minimum Gasteiger partial charge on any atom is -0.387 e. The molecule has 1 N–H and O–H groups in total. The van der Waals surface area contributed by atoms with Gasteiger partial charge >= 0.3 is 0 Å². The van der Waals surface area contributed by atoms with Crippen molar-refractivity contribution >= 4 is 5.69 Å². The molecule has 0 aliphatic rings. The molecule has 1 aromatic carbocycles. The van der Waals surface area contributed by atoms with Crippen LogP contribution in [0, 0.1) is 11.3 Å². The molecule has 0 aliphatic carbocycles. The lowest BCUT2D eigenvalue weighted by molar-refractivity contribution is 0.183.